The number of nitrogens with one attached hydrogen (secondary N) is 2. The molecule has 0 spiro atoms. The van der Waals surface area contributed by atoms with Gasteiger partial charge in [0.25, 0.3) is 5.97 Å². The summed E-state index contributed by atoms with van der Waals surface area (Å²) < 4.78 is 10.0. The van der Waals surface area contributed by atoms with Gasteiger partial charge in [0.2, 0.25) is 11.8 Å². The average Bonchev–Trinajstić information content (AvgIpc) is 2.99. The van der Waals surface area contributed by atoms with Gasteiger partial charge in [-0.3, -0.25) is 14.4 Å². The van der Waals surface area contributed by atoms with E-state index in [-0.39, 0.29) is 30.1 Å². The number of carboxylic acids is 1. The molecule has 1 atom stereocenters. The van der Waals surface area contributed by atoms with E-state index in [0.29, 0.717) is 25.4 Å². The predicted octanol–water partition coefficient (Wildman–Crippen LogP) is 6.13. The summed E-state index contributed by atoms with van der Waals surface area (Å²) in [5, 5.41) is 20.8. The van der Waals surface area contributed by atoms with E-state index in [2.05, 4.69) is 43.7 Å². The van der Waals surface area contributed by atoms with E-state index in [1.807, 2.05) is 51.3 Å². The summed E-state index contributed by atoms with van der Waals surface area (Å²) in [6.07, 6.45) is 11.7. The first-order valence-corrected chi connectivity index (χ1v) is 15.4. The summed E-state index contributed by atoms with van der Waals surface area (Å²) in [4.78, 5) is 34.7. The summed E-state index contributed by atoms with van der Waals surface area (Å²) in [5.74, 6) is 2.05. The van der Waals surface area contributed by atoms with Crippen molar-refractivity contribution in [3.05, 3.63) is 36.5 Å². The number of carboxylic acid groups (broad SMARTS) is 1. The minimum Gasteiger partial charge on any atom is -0.481 e. The number of carbonyl (C=O) groups excluding carboxylic acids is 2. The smallest absolute Gasteiger partial charge is 0.300 e. The van der Waals surface area contributed by atoms with Crippen LogP contribution in [0.1, 0.15) is 61.3 Å². The number of methoxy groups -OCH3 is 1. The number of rotatable bonds is 13. The number of ether oxygens (including phenoxy) is 2. The Morgan fingerprint density at radius 3 is 2.16 bits per heavy atom. The molecule has 10 nitrogen and oxygen atoms in total. The van der Waals surface area contributed by atoms with Crippen LogP contribution in [0.3, 0.4) is 0 Å². The Balaban J connectivity index is -0.000000390. The van der Waals surface area contributed by atoms with Gasteiger partial charge >= 0.3 is 0 Å². The van der Waals surface area contributed by atoms with E-state index in [0.717, 1.165) is 18.5 Å². The van der Waals surface area contributed by atoms with Crippen molar-refractivity contribution in [3.8, 4) is 18.4 Å². The largest absolute Gasteiger partial charge is 0.481 e. The summed E-state index contributed by atoms with van der Waals surface area (Å²) in [5.41, 5.74) is 1.47. The molecule has 244 valence electrons. The summed E-state index contributed by atoms with van der Waals surface area (Å²) >= 11 is 1.48. The number of anilines is 2. The van der Waals surface area contributed by atoms with Gasteiger partial charge in [0.15, 0.2) is 0 Å². The first kappa shape index (κ1) is 46.4. The zero-order valence-corrected chi connectivity index (χ0v) is 28.5. The van der Waals surface area contributed by atoms with Crippen LogP contribution in [0, 0.1) is 29.6 Å². The van der Waals surface area contributed by atoms with Gasteiger partial charge in [-0.1, -0.05) is 53.0 Å². The van der Waals surface area contributed by atoms with E-state index in [4.69, 9.17) is 24.6 Å². The van der Waals surface area contributed by atoms with Crippen molar-refractivity contribution < 1.29 is 29.0 Å². The molecule has 0 heterocycles. The molecule has 0 aromatic heterocycles. The quantitative estimate of drug-likeness (QED) is 0.175. The number of amides is 2. The maximum Gasteiger partial charge on any atom is 0.300 e. The predicted molar refractivity (Wildman–Crippen MR) is 180 cm³/mol. The minimum atomic E-state index is -0.833. The van der Waals surface area contributed by atoms with E-state index in [9.17, 15) is 9.59 Å². The Kier molecular flexibility index (Phi) is 37.5. The molecule has 1 aromatic carbocycles. The fourth-order valence-corrected chi connectivity index (χ4v) is 2.72. The summed E-state index contributed by atoms with van der Waals surface area (Å²) in [6, 6.07) is 9.10. The van der Waals surface area contributed by atoms with Crippen molar-refractivity contribution in [3.63, 3.8) is 0 Å². The van der Waals surface area contributed by atoms with Crippen molar-refractivity contribution in [2.45, 2.75) is 66.6 Å². The molecule has 2 amide bonds. The molecule has 1 unspecified atom stereocenters. The second kappa shape index (κ2) is 34.7. The molecule has 1 aromatic rings. The third-order valence-corrected chi connectivity index (χ3v) is 5.54. The Hall–Kier alpha value is -3.51. The number of nitrogens with zero attached hydrogens (tertiary/aromatic N) is 2. The molecule has 43 heavy (non-hydrogen) atoms. The highest BCUT2D eigenvalue weighted by atomic mass is 32.2. The SMILES string of the molecule is C#CCC#N.CC.CC(=O)O.CCC(C)C.CCN(C)C(=O)C(C=CNc1cccc(NC(=O)COCCOC)c1)SC. The van der Waals surface area contributed by atoms with Crippen molar-refractivity contribution in [2.75, 3.05) is 57.4 Å². The lowest BCUT2D eigenvalue weighted by atomic mass is 10.2. The van der Waals surface area contributed by atoms with E-state index >= 15 is 0 Å². The highest BCUT2D eigenvalue weighted by Gasteiger charge is 2.16. The molecule has 0 fully saturated rings. The lowest BCUT2D eigenvalue weighted by Gasteiger charge is -2.18. The molecule has 11 heteroatoms. The first-order valence-electron chi connectivity index (χ1n) is 14.1. The second-order valence-corrected chi connectivity index (χ2v) is 9.53. The first-order chi connectivity index (χ1) is 20.4. The topological polar surface area (TPSA) is 141 Å². The van der Waals surface area contributed by atoms with Crippen LogP contribution in [-0.4, -0.2) is 79.8 Å². The third kappa shape index (κ3) is 34.6. The van der Waals surface area contributed by atoms with Gasteiger partial charge in [-0.2, -0.15) is 5.26 Å². The number of hydrogen-bond acceptors (Lipinski definition) is 8. The highest BCUT2D eigenvalue weighted by molar-refractivity contribution is 8.00. The van der Waals surface area contributed by atoms with Gasteiger partial charge < -0.3 is 30.1 Å². The van der Waals surface area contributed by atoms with E-state index < -0.39 is 5.97 Å². The van der Waals surface area contributed by atoms with E-state index in [1.54, 1.807) is 37.4 Å². The van der Waals surface area contributed by atoms with Crippen molar-refractivity contribution >= 4 is 40.9 Å². The number of benzene rings is 1. The molecule has 0 aliphatic carbocycles. The van der Waals surface area contributed by atoms with Crippen LogP contribution in [0.5, 0.6) is 0 Å². The Morgan fingerprint density at radius 2 is 1.74 bits per heavy atom. The molecule has 0 saturated heterocycles. The number of terminal acetylenes is 1. The van der Waals surface area contributed by atoms with Gasteiger partial charge in [0.1, 0.15) is 11.9 Å². The van der Waals surface area contributed by atoms with Crippen molar-refractivity contribution in [2.24, 2.45) is 5.92 Å². The van der Waals surface area contributed by atoms with Crippen LogP contribution >= 0.6 is 11.8 Å². The number of nitriles is 1. The van der Waals surface area contributed by atoms with Crippen molar-refractivity contribution in [1.29, 1.82) is 5.26 Å². The average molecular weight is 623 g/mol. The van der Waals surface area contributed by atoms with Gasteiger partial charge in [-0.15, -0.1) is 18.2 Å². The highest BCUT2D eigenvalue weighted by Crippen LogP contribution is 2.16. The van der Waals surface area contributed by atoms with Gasteiger partial charge in [-0.25, -0.2) is 0 Å². The zero-order valence-electron chi connectivity index (χ0n) is 27.7. The Bertz CT molecular complexity index is 942. The maximum absolute atomic E-state index is 12.2. The van der Waals surface area contributed by atoms with Gasteiger partial charge in [0, 0.05) is 39.0 Å². The molecule has 0 aliphatic rings. The van der Waals surface area contributed by atoms with Crippen LogP contribution < -0.4 is 10.6 Å². The number of aliphatic carboxylic acids is 1. The molecule has 0 saturated carbocycles. The number of carbonyl (C=O) groups is 3. The fourth-order valence-electron chi connectivity index (χ4n) is 2.10. The number of thioether (sulfide) groups is 1. The molecular formula is C32H54N4O6S. The Morgan fingerprint density at radius 1 is 1.19 bits per heavy atom. The van der Waals surface area contributed by atoms with E-state index in [1.165, 1.54) is 18.2 Å². The molecule has 0 bridgehead atoms. The minimum absolute atomic E-state index is 0.0244. The summed E-state index contributed by atoms with van der Waals surface area (Å²) in [6.45, 7) is 15.1. The van der Waals surface area contributed by atoms with Crippen molar-refractivity contribution in [1.82, 2.24) is 4.90 Å². The lowest BCUT2D eigenvalue weighted by molar-refractivity contribution is -0.134. The van der Waals surface area contributed by atoms with Gasteiger partial charge in [0.05, 0.1) is 25.7 Å². The van der Waals surface area contributed by atoms with Gasteiger partial charge in [-0.05, 0) is 49.6 Å². The zero-order chi connectivity index (χ0) is 34.1. The number of hydrogen-bond donors (Lipinski definition) is 3. The maximum atomic E-state index is 12.2. The summed E-state index contributed by atoms with van der Waals surface area (Å²) in [7, 11) is 3.37. The standard InChI is InChI=1S/C19H29N3O4S.C5H12.C4H3N.C2H4O2.C2H6/c1-5-22(2)19(24)17(27-4)9-10-20-15-7-6-8-16(13-15)21-18(23)14-26-12-11-25-3;1-4-5(2)3;1-2-3-4-5;1-2(3)4;1-2/h6-10,13,17,20H,5,11-12,14H2,1-4H3,(H,21,23);5H,4H2,1-3H3;1H,3H2;1H3,(H,3,4);1-2H3. The lowest BCUT2D eigenvalue weighted by Crippen LogP contribution is -2.33. The molecule has 0 radical (unpaired) electrons. The molecule has 3 N–H and O–H groups in total. The van der Waals surface area contributed by atoms with Crippen LogP contribution in [0.25, 0.3) is 0 Å². The second-order valence-electron chi connectivity index (χ2n) is 8.55. The van der Waals surface area contributed by atoms with Crippen LogP contribution in [-0.2, 0) is 23.9 Å². The normalized spacial score (nSPS) is 9.88. The Labute approximate surface area is 264 Å². The third-order valence-electron chi connectivity index (χ3n) is 4.68. The van der Waals surface area contributed by atoms with Crippen LogP contribution in [0.4, 0.5) is 11.4 Å². The molecule has 1 rings (SSSR count). The monoisotopic (exact) mass is 622 g/mol. The molecule has 0 aliphatic heterocycles. The van der Waals surface area contributed by atoms with Crippen LogP contribution in [0.2, 0.25) is 0 Å². The molecular weight excluding hydrogens is 568 g/mol. The van der Waals surface area contributed by atoms with Crippen LogP contribution in [0.15, 0.2) is 36.5 Å². The fraction of sp³-hybridized carbons (Fsp3) is 0.562.